The number of hydrogen-bond donors (Lipinski definition) is 1. The SMILES string of the molecule is Cc1ccc(COc2ccc(C3C(C#N)=C(N)Oc4cc(OC(=O)Cc5ccccc5)ccc43)cc2)cc1. The highest BCUT2D eigenvalue weighted by atomic mass is 16.5. The van der Waals surface area contributed by atoms with Gasteiger partial charge in [-0.05, 0) is 41.8 Å². The monoisotopic (exact) mass is 502 g/mol. The maximum Gasteiger partial charge on any atom is 0.315 e. The van der Waals surface area contributed by atoms with E-state index < -0.39 is 5.92 Å². The van der Waals surface area contributed by atoms with E-state index >= 15 is 0 Å². The molecule has 0 bridgehead atoms. The molecule has 6 heteroatoms. The molecule has 6 nitrogen and oxygen atoms in total. The summed E-state index contributed by atoms with van der Waals surface area (Å²) in [4.78, 5) is 12.4. The van der Waals surface area contributed by atoms with Crippen LogP contribution in [0.15, 0.2) is 109 Å². The van der Waals surface area contributed by atoms with Crippen LogP contribution in [0.4, 0.5) is 0 Å². The minimum absolute atomic E-state index is 0.0254. The van der Waals surface area contributed by atoms with E-state index in [2.05, 4.69) is 18.2 Å². The van der Waals surface area contributed by atoms with Crippen molar-refractivity contribution in [3.8, 4) is 23.3 Å². The van der Waals surface area contributed by atoms with Crippen LogP contribution in [-0.2, 0) is 17.8 Å². The third kappa shape index (κ3) is 5.53. The van der Waals surface area contributed by atoms with Crippen molar-refractivity contribution in [3.63, 3.8) is 0 Å². The van der Waals surface area contributed by atoms with Gasteiger partial charge in [-0.2, -0.15) is 5.26 Å². The molecule has 0 fully saturated rings. The number of ether oxygens (including phenoxy) is 3. The number of allylic oxidation sites excluding steroid dienone is 1. The van der Waals surface area contributed by atoms with E-state index in [1.165, 1.54) is 5.56 Å². The van der Waals surface area contributed by atoms with Gasteiger partial charge in [0.05, 0.1) is 12.3 Å². The fourth-order valence-corrected chi connectivity index (χ4v) is 4.38. The number of carbonyl (C=O) groups excluding carboxylic acids is 1. The van der Waals surface area contributed by atoms with E-state index in [1.807, 2.05) is 73.7 Å². The van der Waals surface area contributed by atoms with E-state index in [1.54, 1.807) is 18.2 Å². The summed E-state index contributed by atoms with van der Waals surface area (Å²) in [5, 5.41) is 9.85. The molecule has 4 aromatic rings. The molecule has 1 unspecified atom stereocenters. The summed E-state index contributed by atoms with van der Waals surface area (Å²) in [6.45, 7) is 2.51. The van der Waals surface area contributed by atoms with Crippen LogP contribution in [0.2, 0.25) is 0 Å². The largest absolute Gasteiger partial charge is 0.489 e. The second-order valence-electron chi connectivity index (χ2n) is 9.10. The molecular formula is C32H26N2O4. The molecule has 188 valence electrons. The zero-order chi connectivity index (χ0) is 26.5. The first-order chi connectivity index (χ1) is 18.5. The lowest BCUT2D eigenvalue weighted by molar-refractivity contribution is -0.133. The summed E-state index contributed by atoms with van der Waals surface area (Å²) in [5.41, 5.74) is 11.2. The van der Waals surface area contributed by atoms with Gasteiger partial charge in [0, 0.05) is 11.6 Å². The van der Waals surface area contributed by atoms with E-state index in [0.29, 0.717) is 23.7 Å². The molecule has 1 atom stereocenters. The lowest BCUT2D eigenvalue weighted by atomic mass is 9.83. The van der Waals surface area contributed by atoms with Crippen LogP contribution >= 0.6 is 0 Å². The summed E-state index contributed by atoms with van der Waals surface area (Å²) < 4.78 is 17.2. The fourth-order valence-electron chi connectivity index (χ4n) is 4.38. The van der Waals surface area contributed by atoms with Crippen LogP contribution in [0, 0.1) is 18.3 Å². The molecule has 0 aliphatic carbocycles. The Morgan fingerprint density at radius 3 is 2.34 bits per heavy atom. The molecule has 1 aliphatic heterocycles. The van der Waals surface area contributed by atoms with Crippen molar-refractivity contribution in [3.05, 3.63) is 136 Å². The van der Waals surface area contributed by atoms with E-state index in [9.17, 15) is 10.1 Å². The number of rotatable bonds is 7. The summed E-state index contributed by atoms with van der Waals surface area (Å²) in [7, 11) is 0. The van der Waals surface area contributed by atoms with Crippen molar-refractivity contribution in [1.82, 2.24) is 0 Å². The number of esters is 1. The lowest BCUT2D eigenvalue weighted by Crippen LogP contribution is -2.21. The molecule has 0 spiro atoms. The third-order valence-electron chi connectivity index (χ3n) is 6.35. The Morgan fingerprint density at radius 1 is 0.921 bits per heavy atom. The number of carbonyl (C=O) groups is 1. The molecule has 4 aromatic carbocycles. The number of benzene rings is 4. The van der Waals surface area contributed by atoms with E-state index in [-0.39, 0.29) is 18.3 Å². The second-order valence-corrected chi connectivity index (χ2v) is 9.10. The first kappa shape index (κ1) is 24.7. The summed E-state index contributed by atoms with van der Waals surface area (Å²) in [6.07, 6.45) is 0.153. The highest BCUT2D eigenvalue weighted by molar-refractivity contribution is 5.75. The van der Waals surface area contributed by atoms with Gasteiger partial charge in [-0.15, -0.1) is 0 Å². The quantitative estimate of drug-likeness (QED) is 0.248. The Labute approximate surface area is 221 Å². The number of aryl methyl sites for hydroxylation is 1. The smallest absolute Gasteiger partial charge is 0.315 e. The van der Waals surface area contributed by atoms with E-state index in [4.69, 9.17) is 19.9 Å². The standard InChI is InChI=1S/C32H26N2O4/c1-21-7-9-23(10-8-21)20-36-25-13-11-24(12-14-25)31-27-16-15-26(18-29(27)38-32(34)28(31)19-33)37-30(35)17-22-5-3-2-4-6-22/h2-16,18,31H,17,20,34H2,1H3. The second kappa shape index (κ2) is 10.9. The van der Waals surface area contributed by atoms with Gasteiger partial charge in [0.15, 0.2) is 0 Å². The predicted molar refractivity (Wildman–Crippen MR) is 143 cm³/mol. The highest BCUT2D eigenvalue weighted by Crippen LogP contribution is 2.43. The molecular weight excluding hydrogens is 476 g/mol. The number of nitrogens with two attached hydrogens (primary N) is 1. The Balaban J connectivity index is 1.34. The highest BCUT2D eigenvalue weighted by Gasteiger charge is 2.31. The Kier molecular flexibility index (Phi) is 7.10. The van der Waals surface area contributed by atoms with Gasteiger partial charge in [-0.3, -0.25) is 4.79 Å². The Hall–Kier alpha value is -5.02. The van der Waals surface area contributed by atoms with Crippen molar-refractivity contribution in [2.45, 2.75) is 25.9 Å². The molecule has 0 radical (unpaired) electrons. The van der Waals surface area contributed by atoms with E-state index in [0.717, 1.165) is 28.0 Å². The topological polar surface area (TPSA) is 94.6 Å². The minimum atomic E-state index is -0.427. The molecule has 0 saturated carbocycles. The van der Waals surface area contributed by atoms with Gasteiger partial charge in [0.2, 0.25) is 5.88 Å². The van der Waals surface area contributed by atoms with Gasteiger partial charge >= 0.3 is 5.97 Å². The number of nitrogens with zero attached hydrogens (tertiary/aromatic N) is 1. The van der Waals surface area contributed by atoms with Crippen LogP contribution in [0.1, 0.15) is 33.7 Å². The molecule has 5 rings (SSSR count). The van der Waals surface area contributed by atoms with Crippen molar-refractivity contribution >= 4 is 5.97 Å². The maximum atomic E-state index is 12.4. The van der Waals surface area contributed by atoms with Crippen LogP contribution in [-0.4, -0.2) is 5.97 Å². The molecule has 2 N–H and O–H groups in total. The van der Waals surface area contributed by atoms with Crippen LogP contribution in [0.3, 0.4) is 0 Å². The average molecular weight is 503 g/mol. The average Bonchev–Trinajstić information content (AvgIpc) is 2.93. The summed E-state index contributed by atoms with van der Waals surface area (Å²) in [6, 6.07) is 32.5. The van der Waals surface area contributed by atoms with Gasteiger partial charge in [-0.25, -0.2) is 0 Å². The summed E-state index contributed by atoms with van der Waals surface area (Å²) in [5.74, 6) is 0.720. The normalized spacial score (nSPS) is 14.2. The molecule has 1 aliphatic rings. The number of fused-ring (bicyclic) bond motifs is 1. The molecule has 0 saturated heterocycles. The number of hydrogen-bond acceptors (Lipinski definition) is 6. The van der Waals surface area contributed by atoms with Gasteiger partial charge in [0.25, 0.3) is 0 Å². The molecule has 0 aromatic heterocycles. The maximum absolute atomic E-state index is 12.4. The van der Waals surface area contributed by atoms with Gasteiger partial charge in [-0.1, -0.05) is 78.4 Å². The van der Waals surface area contributed by atoms with Crippen molar-refractivity contribution in [1.29, 1.82) is 5.26 Å². The lowest BCUT2D eigenvalue weighted by Gasteiger charge is -2.26. The Bertz CT molecular complexity index is 1520. The first-order valence-electron chi connectivity index (χ1n) is 12.2. The predicted octanol–water partition coefficient (Wildman–Crippen LogP) is 5.94. The molecule has 0 amide bonds. The number of nitriles is 1. The summed E-state index contributed by atoms with van der Waals surface area (Å²) >= 11 is 0. The van der Waals surface area contributed by atoms with Crippen molar-refractivity contribution < 1.29 is 19.0 Å². The zero-order valence-corrected chi connectivity index (χ0v) is 20.9. The molecule has 38 heavy (non-hydrogen) atoms. The van der Waals surface area contributed by atoms with Gasteiger partial charge in [0.1, 0.15) is 35.5 Å². The third-order valence-corrected chi connectivity index (χ3v) is 6.35. The van der Waals surface area contributed by atoms with Crippen molar-refractivity contribution in [2.75, 3.05) is 0 Å². The van der Waals surface area contributed by atoms with Crippen LogP contribution < -0.4 is 19.9 Å². The van der Waals surface area contributed by atoms with Crippen molar-refractivity contribution in [2.24, 2.45) is 5.73 Å². The first-order valence-corrected chi connectivity index (χ1v) is 12.2. The molecule has 1 heterocycles. The van der Waals surface area contributed by atoms with Gasteiger partial charge < -0.3 is 19.9 Å². The minimum Gasteiger partial charge on any atom is -0.489 e. The Morgan fingerprint density at radius 2 is 1.63 bits per heavy atom. The van der Waals surface area contributed by atoms with Crippen LogP contribution in [0.5, 0.6) is 17.2 Å². The van der Waals surface area contributed by atoms with Crippen LogP contribution in [0.25, 0.3) is 0 Å². The fraction of sp³-hybridized carbons (Fsp3) is 0.125. The zero-order valence-electron chi connectivity index (χ0n) is 20.9.